The molecule has 0 aromatic heterocycles. The maximum absolute atomic E-state index is 12.4. The van der Waals surface area contributed by atoms with Gasteiger partial charge >= 0.3 is 0 Å². The molecule has 1 aromatic rings. The van der Waals surface area contributed by atoms with Gasteiger partial charge in [-0.1, -0.05) is 45.1 Å². The van der Waals surface area contributed by atoms with Crippen molar-refractivity contribution in [1.82, 2.24) is 0 Å². The Bertz CT molecular complexity index is 554. The molecule has 0 amide bonds. The fraction of sp³-hybridized carbons (Fsp3) is 0.438. The molecule has 1 rings (SSSR count). The molecular formula is C16H23N3OS. The largest absolute Gasteiger partial charge is 0.326 e. The van der Waals surface area contributed by atoms with Crippen molar-refractivity contribution in [2.24, 2.45) is 16.7 Å². The summed E-state index contributed by atoms with van der Waals surface area (Å²) in [6.45, 7) is 6.41. The van der Waals surface area contributed by atoms with Gasteiger partial charge < -0.3 is 11.6 Å². The van der Waals surface area contributed by atoms with Crippen LogP contribution in [0.25, 0.3) is 0 Å². The number of hydrogen-bond donors (Lipinski definition) is 2. The van der Waals surface area contributed by atoms with Crippen LogP contribution in [0.3, 0.4) is 0 Å². The molecule has 0 fully saturated rings. The van der Waals surface area contributed by atoms with Crippen molar-refractivity contribution in [2.75, 3.05) is 0 Å². The molecule has 0 heterocycles. The van der Waals surface area contributed by atoms with E-state index in [9.17, 15) is 4.79 Å². The van der Waals surface area contributed by atoms with Crippen molar-refractivity contribution >= 4 is 28.6 Å². The molecule has 0 aliphatic carbocycles. The summed E-state index contributed by atoms with van der Waals surface area (Å²) in [4.78, 5) is 12.7. The first-order valence-corrected chi connectivity index (χ1v) is 7.65. The van der Waals surface area contributed by atoms with E-state index >= 15 is 0 Å². The zero-order valence-electron chi connectivity index (χ0n) is 12.9. The Morgan fingerprint density at radius 1 is 1.19 bits per heavy atom. The van der Waals surface area contributed by atoms with Crippen molar-refractivity contribution in [3.05, 3.63) is 34.4 Å². The van der Waals surface area contributed by atoms with Gasteiger partial charge in [-0.05, 0) is 36.0 Å². The second-order valence-electron chi connectivity index (χ2n) is 4.79. The van der Waals surface area contributed by atoms with Crippen molar-refractivity contribution < 1.29 is 4.79 Å². The van der Waals surface area contributed by atoms with E-state index in [4.69, 9.17) is 23.8 Å². The first-order valence-electron chi connectivity index (χ1n) is 7.24. The lowest BCUT2D eigenvalue weighted by Gasteiger charge is -2.16. The summed E-state index contributed by atoms with van der Waals surface area (Å²) in [7, 11) is 0. The Morgan fingerprint density at radius 3 is 2.05 bits per heavy atom. The third-order valence-corrected chi connectivity index (χ3v) is 3.93. The number of carbonyl (C=O) groups excluding carboxylic acids is 1. The van der Waals surface area contributed by atoms with E-state index in [-0.39, 0.29) is 5.78 Å². The minimum absolute atomic E-state index is 0.250. The van der Waals surface area contributed by atoms with Crippen molar-refractivity contribution in [3.8, 4) is 0 Å². The molecule has 0 aliphatic rings. The van der Waals surface area contributed by atoms with Gasteiger partial charge in [0.1, 0.15) is 5.71 Å². The lowest BCUT2D eigenvalue weighted by Crippen LogP contribution is -2.26. The Morgan fingerprint density at radius 2 is 1.71 bits per heavy atom. The van der Waals surface area contributed by atoms with Crippen LogP contribution in [0, 0.1) is 0 Å². The highest BCUT2D eigenvalue weighted by molar-refractivity contribution is 7.83. The smallest absolute Gasteiger partial charge is 0.220 e. The van der Waals surface area contributed by atoms with Gasteiger partial charge in [0.15, 0.2) is 0 Å². The SMILES string of the molecule is CCC(=NN)C(=O)C(=S)c1c(CC)cc(CN)cc1CC. The summed E-state index contributed by atoms with van der Waals surface area (Å²) in [6, 6.07) is 4.05. The van der Waals surface area contributed by atoms with Gasteiger partial charge in [0, 0.05) is 12.1 Å². The molecule has 0 saturated heterocycles. The van der Waals surface area contributed by atoms with Gasteiger partial charge in [0.2, 0.25) is 5.78 Å². The Balaban J connectivity index is 3.41. The molecule has 0 radical (unpaired) electrons. The van der Waals surface area contributed by atoms with E-state index in [1.54, 1.807) is 0 Å². The predicted octanol–water partition coefficient (Wildman–Crippen LogP) is 2.28. The van der Waals surface area contributed by atoms with Crippen LogP contribution in [0.1, 0.15) is 49.4 Å². The second kappa shape index (κ2) is 8.00. The minimum atomic E-state index is -0.250. The van der Waals surface area contributed by atoms with Crippen LogP contribution >= 0.6 is 12.2 Å². The first-order chi connectivity index (χ1) is 10.0. The van der Waals surface area contributed by atoms with Crippen LogP contribution in [0.15, 0.2) is 17.2 Å². The molecule has 1 aromatic carbocycles. The molecule has 4 N–H and O–H groups in total. The summed E-state index contributed by atoms with van der Waals surface area (Å²) in [6.07, 6.45) is 2.06. The number of aryl methyl sites for hydroxylation is 2. The van der Waals surface area contributed by atoms with Crippen molar-refractivity contribution in [1.29, 1.82) is 0 Å². The van der Waals surface area contributed by atoms with Gasteiger partial charge in [-0.3, -0.25) is 4.79 Å². The number of ketones is 1. The van der Waals surface area contributed by atoms with E-state index in [1.165, 1.54) is 0 Å². The predicted molar refractivity (Wildman–Crippen MR) is 91.7 cm³/mol. The number of Topliss-reactive ketones (excluding diaryl/α,β-unsaturated/α-hetero) is 1. The summed E-state index contributed by atoms with van der Waals surface area (Å²) in [5.41, 5.74) is 10.1. The second-order valence-corrected chi connectivity index (χ2v) is 5.20. The Labute approximate surface area is 131 Å². The molecule has 0 saturated carbocycles. The number of rotatable bonds is 7. The lowest BCUT2D eigenvalue weighted by atomic mass is 9.90. The van der Waals surface area contributed by atoms with Crippen LogP contribution in [-0.4, -0.2) is 16.4 Å². The van der Waals surface area contributed by atoms with E-state index in [1.807, 2.05) is 32.9 Å². The monoisotopic (exact) mass is 305 g/mol. The van der Waals surface area contributed by atoms with Crippen LogP contribution in [0.5, 0.6) is 0 Å². The average molecular weight is 305 g/mol. The number of thiocarbonyl (C=S) groups is 1. The molecule has 0 aliphatic heterocycles. The number of nitrogens with zero attached hydrogens (tertiary/aromatic N) is 1. The van der Waals surface area contributed by atoms with Crippen LogP contribution < -0.4 is 11.6 Å². The molecule has 21 heavy (non-hydrogen) atoms. The van der Waals surface area contributed by atoms with Crippen LogP contribution in [-0.2, 0) is 24.2 Å². The van der Waals surface area contributed by atoms with Crippen LogP contribution in [0.4, 0.5) is 0 Å². The number of hydrazone groups is 1. The Kier molecular flexibility index (Phi) is 6.65. The standard InChI is InChI=1S/C16H23N3OS/c1-4-11-7-10(9-17)8-12(5-2)14(11)16(21)15(20)13(6-3)19-18/h7-8H,4-6,9,17-18H2,1-3H3. The quantitative estimate of drug-likeness (QED) is 0.266. The Hall–Kier alpha value is -1.59. The summed E-state index contributed by atoms with van der Waals surface area (Å²) in [5, 5.41) is 3.56. The number of nitrogens with two attached hydrogens (primary N) is 2. The topological polar surface area (TPSA) is 81.5 Å². The van der Waals surface area contributed by atoms with Gasteiger partial charge in [-0.2, -0.15) is 5.10 Å². The molecule has 5 heteroatoms. The normalized spacial score (nSPS) is 11.5. The number of carbonyl (C=O) groups is 1. The summed E-state index contributed by atoms with van der Waals surface area (Å²) >= 11 is 5.42. The summed E-state index contributed by atoms with van der Waals surface area (Å²) < 4.78 is 0. The minimum Gasteiger partial charge on any atom is -0.326 e. The highest BCUT2D eigenvalue weighted by Crippen LogP contribution is 2.21. The third-order valence-electron chi connectivity index (χ3n) is 3.55. The van der Waals surface area contributed by atoms with E-state index in [0.717, 1.165) is 35.1 Å². The average Bonchev–Trinajstić information content (AvgIpc) is 2.53. The summed E-state index contributed by atoms with van der Waals surface area (Å²) in [5.74, 6) is 5.03. The van der Waals surface area contributed by atoms with Crippen LogP contribution in [0.2, 0.25) is 0 Å². The maximum atomic E-state index is 12.4. The molecule has 0 spiro atoms. The van der Waals surface area contributed by atoms with E-state index in [2.05, 4.69) is 5.10 Å². The van der Waals surface area contributed by atoms with Crippen molar-refractivity contribution in [2.45, 2.75) is 46.6 Å². The molecule has 0 atom stereocenters. The fourth-order valence-corrected chi connectivity index (χ4v) is 2.74. The number of hydrogen-bond acceptors (Lipinski definition) is 5. The van der Waals surface area contributed by atoms with Crippen molar-refractivity contribution in [3.63, 3.8) is 0 Å². The lowest BCUT2D eigenvalue weighted by molar-refractivity contribution is -0.107. The highest BCUT2D eigenvalue weighted by Gasteiger charge is 2.22. The van der Waals surface area contributed by atoms with E-state index in [0.29, 0.717) is 23.5 Å². The maximum Gasteiger partial charge on any atom is 0.220 e. The molecule has 0 unspecified atom stereocenters. The van der Waals surface area contributed by atoms with Gasteiger partial charge in [-0.15, -0.1) is 0 Å². The van der Waals surface area contributed by atoms with E-state index < -0.39 is 0 Å². The molecular weight excluding hydrogens is 282 g/mol. The molecule has 4 nitrogen and oxygen atoms in total. The fourth-order valence-electron chi connectivity index (χ4n) is 2.36. The van der Waals surface area contributed by atoms with Gasteiger partial charge in [0.25, 0.3) is 0 Å². The van der Waals surface area contributed by atoms with Gasteiger partial charge in [-0.25, -0.2) is 0 Å². The third kappa shape index (κ3) is 3.74. The first kappa shape index (κ1) is 17.5. The number of benzene rings is 1. The zero-order chi connectivity index (χ0) is 16.0. The molecule has 114 valence electrons. The highest BCUT2D eigenvalue weighted by atomic mass is 32.1. The molecule has 0 bridgehead atoms. The van der Waals surface area contributed by atoms with Gasteiger partial charge in [0.05, 0.1) is 4.86 Å². The zero-order valence-corrected chi connectivity index (χ0v) is 13.7.